The van der Waals surface area contributed by atoms with Gasteiger partial charge in [-0.3, -0.25) is 0 Å². The van der Waals surface area contributed by atoms with Crippen molar-refractivity contribution >= 4 is 9.84 Å². The van der Waals surface area contributed by atoms with Crippen LogP contribution in [0.2, 0.25) is 0 Å². The summed E-state index contributed by atoms with van der Waals surface area (Å²) in [5.74, 6) is 0.627. The number of nitrogens with zero attached hydrogens (tertiary/aromatic N) is 3. The van der Waals surface area contributed by atoms with E-state index in [9.17, 15) is 8.42 Å². The van der Waals surface area contributed by atoms with E-state index in [0.29, 0.717) is 18.9 Å². The highest BCUT2D eigenvalue weighted by Crippen LogP contribution is 2.15. The molecule has 0 aliphatic heterocycles. The summed E-state index contributed by atoms with van der Waals surface area (Å²) in [6, 6.07) is 6.33. The molecular weight excluding hydrogens is 254 g/mol. The van der Waals surface area contributed by atoms with E-state index in [-0.39, 0.29) is 4.90 Å². The lowest BCUT2D eigenvalue weighted by Crippen LogP contribution is -2.08. The fraction of sp³-hybridized carbons (Fsp3) is 0.273. The van der Waals surface area contributed by atoms with Gasteiger partial charge in [0, 0.05) is 6.26 Å². The molecule has 0 spiro atoms. The highest BCUT2D eigenvalue weighted by atomic mass is 32.2. The average Bonchev–Trinajstić information content (AvgIpc) is 2.82. The minimum Gasteiger partial charge on any atom is -0.492 e. The maximum Gasteiger partial charge on any atom is 0.175 e. The Labute approximate surface area is 105 Å². The molecule has 0 aliphatic rings. The summed E-state index contributed by atoms with van der Waals surface area (Å²) in [5.41, 5.74) is 0. The van der Waals surface area contributed by atoms with E-state index < -0.39 is 9.84 Å². The molecule has 0 saturated carbocycles. The van der Waals surface area contributed by atoms with Gasteiger partial charge in [0.15, 0.2) is 9.84 Å². The second kappa shape index (κ2) is 5.18. The molecule has 0 saturated heterocycles. The zero-order chi connectivity index (χ0) is 13.0. The van der Waals surface area contributed by atoms with Gasteiger partial charge < -0.3 is 4.74 Å². The van der Waals surface area contributed by atoms with Gasteiger partial charge >= 0.3 is 0 Å². The van der Waals surface area contributed by atoms with Crippen LogP contribution in [0.4, 0.5) is 0 Å². The predicted octanol–water partition coefficient (Wildman–Crippen LogP) is 0.761. The van der Waals surface area contributed by atoms with Crippen LogP contribution in [0.25, 0.3) is 0 Å². The fourth-order valence-corrected chi connectivity index (χ4v) is 2.02. The largest absolute Gasteiger partial charge is 0.492 e. The number of sulfone groups is 1. The van der Waals surface area contributed by atoms with Gasteiger partial charge in [-0.2, -0.15) is 5.10 Å². The molecule has 1 aromatic heterocycles. The SMILES string of the molecule is CS(=O)(=O)c1ccc(OCCn2cncn2)cc1. The molecule has 0 aliphatic carbocycles. The van der Waals surface area contributed by atoms with Crippen LogP contribution in [0.5, 0.6) is 5.75 Å². The second-order valence-electron chi connectivity index (χ2n) is 3.75. The molecule has 18 heavy (non-hydrogen) atoms. The number of ether oxygens (including phenoxy) is 1. The van der Waals surface area contributed by atoms with Crippen molar-refractivity contribution in [1.29, 1.82) is 0 Å². The van der Waals surface area contributed by atoms with Crippen LogP contribution < -0.4 is 4.74 Å². The van der Waals surface area contributed by atoms with E-state index in [2.05, 4.69) is 10.1 Å². The molecule has 0 radical (unpaired) electrons. The standard InChI is InChI=1S/C11H13N3O3S/c1-18(15,16)11-4-2-10(3-5-11)17-7-6-14-9-12-8-13-14/h2-5,8-9H,6-7H2,1H3. The molecule has 1 heterocycles. The van der Waals surface area contributed by atoms with Crippen LogP contribution in [0, 0.1) is 0 Å². The molecular formula is C11H13N3O3S. The molecule has 6 nitrogen and oxygen atoms in total. The predicted molar refractivity (Wildman–Crippen MR) is 65.1 cm³/mol. The third-order valence-electron chi connectivity index (χ3n) is 2.31. The molecule has 0 amide bonds. The van der Waals surface area contributed by atoms with Crippen molar-refractivity contribution in [2.45, 2.75) is 11.4 Å². The molecule has 96 valence electrons. The topological polar surface area (TPSA) is 74.1 Å². The molecule has 1 aromatic carbocycles. The third kappa shape index (κ3) is 3.30. The zero-order valence-electron chi connectivity index (χ0n) is 9.85. The van der Waals surface area contributed by atoms with Gasteiger partial charge in [-0.1, -0.05) is 0 Å². The summed E-state index contributed by atoms with van der Waals surface area (Å²) in [7, 11) is -3.15. The third-order valence-corrected chi connectivity index (χ3v) is 3.44. The Morgan fingerprint density at radius 3 is 2.56 bits per heavy atom. The Balaban J connectivity index is 1.91. The molecule has 0 atom stereocenters. The Bertz CT molecular complexity index is 591. The summed E-state index contributed by atoms with van der Waals surface area (Å²) in [6.07, 6.45) is 4.24. The van der Waals surface area contributed by atoms with E-state index >= 15 is 0 Å². The van der Waals surface area contributed by atoms with Gasteiger partial charge in [0.25, 0.3) is 0 Å². The first-order valence-corrected chi connectivity index (χ1v) is 7.20. The van der Waals surface area contributed by atoms with Gasteiger partial charge in [-0.15, -0.1) is 0 Å². The Kier molecular flexibility index (Phi) is 3.61. The quantitative estimate of drug-likeness (QED) is 0.799. The summed E-state index contributed by atoms with van der Waals surface area (Å²) < 4.78 is 29.6. The Hall–Kier alpha value is -1.89. The molecule has 7 heteroatoms. The van der Waals surface area contributed by atoms with Gasteiger partial charge in [0.05, 0.1) is 11.4 Å². The highest BCUT2D eigenvalue weighted by Gasteiger charge is 2.06. The van der Waals surface area contributed by atoms with Crippen molar-refractivity contribution in [3.63, 3.8) is 0 Å². The minimum absolute atomic E-state index is 0.283. The van der Waals surface area contributed by atoms with Crippen molar-refractivity contribution in [2.24, 2.45) is 0 Å². The van der Waals surface area contributed by atoms with Crippen LogP contribution >= 0.6 is 0 Å². The molecule has 0 N–H and O–H groups in total. The monoisotopic (exact) mass is 267 g/mol. The number of aromatic nitrogens is 3. The van der Waals surface area contributed by atoms with Crippen molar-refractivity contribution in [3.8, 4) is 5.75 Å². The summed E-state index contributed by atoms with van der Waals surface area (Å²) in [6.45, 7) is 1.04. The van der Waals surface area contributed by atoms with E-state index in [1.54, 1.807) is 23.1 Å². The maximum absolute atomic E-state index is 11.3. The second-order valence-corrected chi connectivity index (χ2v) is 5.77. The lowest BCUT2D eigenvalue weighted by molar-refractivity contribution is 0.291. The highest BCUT2D eigenvalue weighted by molar-refractivity contribution is 7.90. The first-order chi connectivity index (χ1) is 8.55. The van der Waals surface area contributed by atoms with Gasteiger partial charge in [0.1, 0.15) is 25.0 Å². The molecule has 2 aromatic rings. The van der Waals surface area contributed by atoms with Crippen molar-refractivity contribution in [1.82, 2.24) is 14.8 Å². The van der Waals surface area contributed by atoms with Gasteiger partial charge in [-0.25, -0.2) is 18.1 Å². The smallest absolute Gasteiger partial charge is 0.175 e. The first kappa shape index (κ1) is 12.6. The summed E-state index contributed by atoms with van der Waals surface area (Å²) in [5, 5.41) is 3.94. The van der Waals surface area contributed by atoms with Crippen molar-refractivity contribution < 1.29 is 13.2 Å². The number of hydrogen-bond acceptors (Lipinski definition) is 5. The van der Waals surface area contributed by atoms with Crippen LogP contribution in [-0.4, -0.2) is 36.0 Å². The first-order valence-electron chi connectivity index (χ1n) is 5.31. The minimum atomic E-state index is -3.15. The summed E-state index contributed by atoms with van der Waals surface area (Å²) in [4.78, 5) is 4.10. The fourth-order valence-electron chi connectivity index (χ4n) is 1.39. The maximum atomic E-state index is 11.3. The molecule has 0 unspecified atom stereocenters. The van der Waals surface area contributed by atoms with E-state index in [4.69, 9.17) is 4.74 Å². The van der Waals surface area contributed by atoms with Gasteiger partial charge in [0.2, 0.25) is 0 Å². The average molecular weight is 267 g/mol. The van der Waals surface area contributed by atoms with E-state index in [1.165, 1.54) is 24.7 Å². The normalized spacial score (nSPS) is 11.4. The molecule has 0 fully saturated rings. The zero-order valence-corrected chi connectivity index (χ0v) is 10.7. The molecule has 2 rings (SSSR count). The summed E-state index contributed by atoms with van der Waals surface area (Å²) >= 11 is 0. The lowest BCUT2D eigenvalue weighted by atomic mass is 10.3. The van der Waals surface area contributed by atoms with E-state index in [0.717, 1.165) is 0 Å². The van der Waals surface area contributed by atoms with Crippen LogP contribution in [0.15, 0.2) is 41.8 Å². The number of rotatable bonds is 5. The van der Waals surface area contributed by atoms with Crippen molar-refractivity contribution in [3.05, 3.63) is 36.9 Å². The van der Waals surface area contributed by atoms with Crippen LogP contribution in [0.1, 0.15) is 0 Å². The van der Waals surface area contributed by atoms with Crippen molar-refractivity contribution in [2.75, 3.05) is 12.9 Å². The number of benzene rings is 1. The lowest BCUT2D eigenvalue weighted by Gasteiger charge is -2.06. The van der Waals surface area contributed by atoms with Crippen LogP contribution in [-0.2, 0) is 16.4 Å². The van der Waals surface area contributed by atoms with Gasteiger partial charge in [-0.05, 0) is 24.3 Å². The molecule has 0 bridgehead atoms. The van der Waals surface area contributed by atoms with E-state index in [1.807, 2.05) is 0 Å². The Morgan fingerprint density at radius 2 is 2.00 bits per heavy atom. The Morgan fingerprint density at radius 1 is 1.28 bits per heavy atom. The number of hydrogen-bond donors (Lipinski definition) is 0. The van der Waals surface area contributed by atoms with Crippen LogP contribution in [0.3, 0.4) is 0 Å².